The van der Waals surface area contributed by atoms with Crippen molar-refractivity contribution in [3.05, 3.63) is 35.9 Å². The number of aromatic nitrogens is 2. The Morgan fingerprint density at radius 3 is 2.61 bits per heavy atom. The predicted octanol–water partition coefficient (Wildman–Crippen LogP) is 3.66. The summed E-state index contributed by atoms with van der Waals surface area (Å²) in [5.41, 5.74) is 1.06. The first kappa shape index (κ1) is 13.4. The van der Waals surface area contributed by atoms with Crippen LogP contribution in [0.3, 0.4) is 0 Å². The molecule has 92 valence electrons. The third-order valence-corrected chi connectivity index (χ3v) is 5.42. The maximum absolute atomic E-state index is 9.21. The Bertz CT molecular complexity index is 533. The Morgan fingerprint density at radius 1 is 1.28 bits per heavy atom. The minimum atomic E-state index is -0.0992. The molecule has 0 N–H and O–H groups in total. The Morgan fingerprint density at radius 2 is 2.00 bits per heavy atom. The van der Waals surface area contributed by atoms with Crippen LogP contribution in [-0.4, -0.2) is 22.2 Å². The number of rotatable bonds is 5. The summed E-state index contributed by atoms with van der Waals surface area (Å²) >= 11 is 4.76. The van der Waals surface area contributed by atoms with Crippen molar-refractivity contribution in [1.82, 2.24) is 10.2 Å². The molecule has 0 saturated heterocycles. The Balaban J connectivity index is 1.98. The van der Waals surface area contributed by atoms with Gasteiger partial charge in [-0.05, 0) is 11.8 Å². The lowest BCUT2D eigenvalue weighted by Gasteiger charge is -2.06. The largest absolute Gasteiger partial charge is 0.198 e. The summed E-state index contributed by atoms with van der Waals surface area (Å²) in [6.45, 7) is 0. The molecule has 0 fully saturated rings. The average molecular weight is 293 g/mol. The van der Waals surface area contributed by atoms with Crippen LogP contribution in [0.15, 0.2) is 39.0 Å². The van der Waals surface area contributed by atoms with Gasteiger partial charge < -0.3 is 0 Å². The summed E-state index contributed by atoms with van der Waals surface area (Å²) in [4.78, 5) is 0. The SMILES string of the molecule is CSc1nnc(SCC(C#N)c2ccccc2)s1. The molecule has 2 rings (SSSR count). The van der Waals surface area contributed by atoms with Gasteiger partial charge in [0.15, 0.2) is 8.68 Å². The molecule has 0 amide bonds. The van der Waals surface area contributed by atoms with Gasteiger partial charge >= 0.3 is 0 Å². The number of hydrogen-bond donors (Lipinski definition) is 0. The van der Waals surface area contributed by atoms with E-state index in [1.807, 2.05) is 36.6 Å². The molecule has 2 aromatic rings. The molecule has 1 atom stereocenters. The van der Waals surface area contributed by atoms with Gasteiger partial charge in [0.05, 0.1) is 12.0 Å². The van der Waals surface area contributed by atoms with E-state index in [-0.39, 0.29) is 5.92 Å². The highest BCUT2D eigenvalue weighted by atomic mass is 32.2. The van der Waals surface area contributed by atoms with Crippen LogP contribution in [0.4, 0.5) is 0 Å². The topological polar surface area (TPSA) is 49.6 Å². The molecule has 0 aliphatic heterocycles. The molecule has 1 heterocycles. The van der Waals surface area contributed by atoms with E-state index >= 15 is 0 Å². The van der Waals surface area contributed by atoms with Gasteiger partial charge in [-0.1, -0.05) is 65.2 Å². The van der Waals surface area contributed by atoms with E-state index in [9.17, 15) is 5.26 Å². The van der Waals surface area contributed by atoms with Crippen LogP contribution in [-0.2, 0) is 0 Å². The Kier molecular flexibility index (Phi) is 5.05. The van der Waals surface area contributed by atoms with Gasteiger partial charge in [0, 0.05) is 5.75 Å². The average Bonchev–Trinajstić information content (AvgIpc) is 2.89. The summed E-state index contributed by atoms with van der Waals surface area (Å²) in [6.07, 6.45) is 1.98. The lowest BCUT2D eigenvalue weighted by Crippen LogP contribution is -1.98. The lowest BCUT2D eigenvalue weighted by molar-refractivity contribution is 0.948. The molecular formula is C12H11N3S3. The maximum atomic E-state index is 9.21. The number of benzene rings is 1. The van der Waals surface area contributed by atoms with Gasteiger partial charge in [0.25, 0.3) is 0 Å². The zero-order chi connectivity index (χ0) is 12.8. The highest BCUT2D eigenvalue weighted by Crippen LogP contribution is 2.30. The highest BCUT2D eigenvalue weighted by Gasteiger charge is 2.12. The number of thioether (sulfide) groups is 2. The van der Waals surface area contributed by atoms with Gasteiger partial charge in [0.2, 0.25) is 0 Å². The summed E-state index contributed by atoms with van der Waals surface area (Å²) in [5, 5.41) is 17.3. The molecule has 0 spiro atoms. The predicted molar refractivity (Wildman–Crippen MR) is 77.2 cm³/mol. The van der Waals surface area contributed by atoms with E-state index in [1.165, 1.54) is 0 Å². The lowest BCUT2D eigenvalue weighted by atomic mass is 10.0. The zero-order valence-electron chi connectivity index (χ0n) is 9.74. The fraction of sp³-hybridized carbons (Fsp3) is 0.250. The van der Waals surface area contributed by atoms with Gasteiger partial charge in [0.1, 0.15) is 0 Å². The van der Waals surface area contributed by atoms with Crippen molar-refractivity contribution in [3.8, 4) is 6.07 Å². The van der Waals surface area contributed by atoms with Crippen LogP contribution in [0, 0.1) is 11.3 Å². The zero-order valence-corrected chi connectivity index (χ0v) is 12.2. The Labute approximate surface area is 119 Å². The third-order valence-electron chi connectivity index (χ3n) is 2.29. The van der Waals surface area contributed by atoms with Crippen molar-refractivity contribution in [3.63, 3.8) is 0 Å². The molecule has 1 aromatic heterocycles. The molecule has 1 unspecified atom stereocenters. The molecule has 0 aliphatic carbocycles. The van der Waals surface area contributed by atoms with Gasteiger partial charge in [-0.15, -0.1) is 10.2 Å². The molecule has 6 heteroatoms. The normalized spacial score (nSPS) is 12.0. The number of nitrogens with zero attached hydrogens (tertiary/aromatic N) is 3. The smallest absolute Gasteiger partial charge is 0.175 e. The van der Waals surface area contributed by atoms with Crippen molar-refractivity contribution in [1.29, 1.82) is 5.26 Å². The van der Waals surface area contributed by atoms with E-state index in [0.29, 0.717) is 5.75 Å². The third kappa shape index (κ3) is 3.48. The van der Waals surface area contributed by atoms with Crippen LogP contribution in [0.25, 0.3) is 0 Å². The number of nitriles is 1. The molecule has 3 nitrogen and oxygen atoms in total. The van der Waals surface area contributed by atoms with Crippen LogP contribution < -0.4 is 0 Å². The monoisotopic (exact) mass is 293 g/mol. The minimum Gasteiger partial charge on any atom is -0.198 e. The second-order valence-electron chi connectivity index (χ2n) is 3.44. The fourth-order valence-electron chi connectivity index (χ4n) is 1.39. The quantitative estimate of drug-likeness (QED) is 0.787. The fourth-order valence-corrected chi connectivity index (χ4v) is 3.90. The van der Waals surface area contributed by atoms with Gasteiger partial charge in [-0.2, -0.15) is 5.26 Å². The summed E-state index contributed by atoms with van der Waals surface area (Å²) in [6, 6.07) is 12.2. The molecule has 0 saturated carbocycles. The molecule has 0 bridgehead atoms. The summed E-state index contributed by atoms with van der Waals surface area (Å²) < 4.78 is 1.89. The first-order chi connectivity index (χ1) is 8.83. The van der Waals surface area contributed by atoms with E-state index in [4.69, 9.17) is 0 Å². The maximum Gasteiger partial charge on any atom is 0.175 e. The van der Waals surface area contributed by atoms with Crippen LogP contribution in [0.1, 0.15) is 11.5 Å². The second kappa shape index (κ2) is 6.78. The molecule has 1 aromatic carbocycles. The van der Waals surface area contributed by atoms with Crippen molar-refractivity contribution in [2.45, 2.75) is 14.6 Å². The molecule has 18 heavy (non-hydrogen) atoms. The van der Waals surface area contributed by atoms with Crippen molar-refractivity contribution < 1.29 is 0 Å². The first-order valence-corrected chi connectivity index (χ1v) is 8.31. The van der Waals surface area contributed by atoms with Gasteiger partial charge in [-0.3, -0.25) is 0 Å². The van der Waals surface area contributed by atoms with Crippen molar-refractivity contribution in [2.75, 3.05) is 12.0 Å². The Hall–Kier alpha value is -1.03. The van der Waals surface area contributed by atoms with Crippen LogP contribution in [0.5, 0.6) is 0 Å². The highest BCUT2D eigenvalue weighted by molar-refractivity contribution is 8.03. The second-order valence-corrected chi connectivity index (χ2v) is 6.74. The summed E-state index contributed by atoms with van der Waals surface area (Å²) in [7, 11) is 0. The van der Waals surface area contributed by atoms with E-state index in [2.05, 4.69) is 16.3 Å². The first-order valence-electron chi connectivity index (χ1n) is 5.28. The molecule has 0 radical (unpaired) electrons. The van der Waals surface area contributed by atoms with Gasteiger partial charge in [-0.25, -0.2) is 0 Å². The molecular weight excluding hydrogens is 282 g/mol. The summed E-state index contributed by atoms with van der Waals surface area (Å²) in [5.74, 6) is 0.613. The molecule has 0 aliphatic rings. The van der Waals surface area contributed by atoms with E-state index < -0.39 is 0 Å². The van der Waals surface area contributed by atoms with Crippen LogP contribution >= 0.6 is 34.9 Å². The standard InChI is InChI=1S/C12H11N3S3/c1-16-11-14-15-12(18-11)17-8-10(7-13)9-5-3-2-4-6-9/h2-6,10H,8H2,1H3. The van der Waals surface area contributed by atoms with Crippen molar-refractivity contribution >= 4 is 34.9 Å². The van der Waals surface area contributed by atoms with E-state index in [1.54, 1.807) is 34.9 Å². The number of hydrogen-bond acceptors (Lipinski definition) is 6. The van der Waals surface area contributed by atoms with Crippen molar-refractivity contribution in [2.24, 2.45) is 0 Å². The van der Waals surface area contributed by atoms with Crippen LogP contribution in [0.2, 0.25) is 0 Å². The minimum absolute atomic E-state index is 0.0992. The van der Waals surface area contributed by atoms with E-state index in [0.717, 1.165) is 14.2 Å².